The zero-order chi connectivity index (χ0) is 20.1. The Morgan fingerprint density at radius 3 is 2.50 bits per heavy atom. The van der Waals surface area contributed by atoms with E-state index in [1.54, 1.807) is 24.3 Å². The first-order valence-corrected chi connectivity index (χ1v) is 8.24. The van der Waals surface area contributed by atoms with Gasteiger partial charge in [-0.3, -0.25) is 4.79 Å². The Kier molecular flexibility index (Phi) is 5.73. The average molecular weight is 388 g/mol. The number of nitrogens with zero attached hydrogens (tertiary/aromatic N) is 2. The second kappa shape index (κ2) is 8.38. The third-order valence-corrected chi connectivity index (χ3v) is 3.62. The van der Waals surface area contributed by atoms with Crippen LogP contribution in [-0.4, -0.2) is 22.5 Å². The maximum atomic E-state index is 13.8. The first-order valence-electron chi connectivity index (χ1n) is 8.24. The van der Waals surface area contributed by atoms with E-state index in [9.17, 15) is 18.0 Å². The highest BCUT2D eigenvalue weighted by atomic mass is 19.2. The van der Waals surface area contributed by atoms with E-state index in [0.717, 1.165) is 18.5 Å². The minimum absolute atomic E-state index is 0.00521. The zero-order valence-electron chi connectivity index (χ0n) is 14.7. The number of halogens is 3. The monoisotopic (exact) mass is 388 g/mol. The van der Waals surface area contributed by atoms with Gasteiger partial charge >= 0.3 is 0 Å². The smallest absolute Gasteiger partial charge is 0.274 e. The van der Waals surface area contributed by atoms with Gasteiger partial charge < -0.3 is 15.4 Å². The number of anilines is 3. The highest BCUT2D eigenvalue weighted by Gasteiger charge is 2.15. The maximum absolute atomic E-state index is 13.8. The maximum Gasteiger partial charge on any atom is 0.274 e. The molecule has 2 N–H and O–H groups in total. The molecule has 0 aliphatic carbocycles. The van der Waals surface area contributed by atoms with E-state index >= 15 is 0 Å². The van der Waals surface area contributed by atoms with Crippen LogP contribution in [0, 0.1) is 17.5 Å². The lowest BCUT2D eigenvalue weighted by Crippen LogP contribution is -2.14. The number of amides is 1. The Morgan fingerprint density at radius 2 is 1.79 bits per heavy atom. The molecule has 1 heterocycles. The molecule has 0 fully saturated rings. The molecule has 0 unspecified atom stereocenters. The quantitative estimate of drug-likeness (QED) is 0.616. The van der Waals surface area contributed by atoms with Crippen molar-refractivity contribution in [2.24, 2.45) is 0 Å². The fraction of sp³-hybridized carbons (Fsp3) is 0.105. The molecule has 28 heavy (non-hydrogen) atoms. The minimum Gasteiger partial charge on any atom is -0.494 e. The largest absolute Gasteiger partial charge is 0.494 e. The van der Waals surface area contributed by atoms with E-state index < -0.39 is 23.4 Å². The Bertz CT molecular complexity index is 997. The number of ether oxygens (including phenoxy) is 1. The molecule has 0 aliphatic heterocycles. The third kappa shape index (κ3) is 4.37. The van der Waals surface area contributed by atoms with Crippen LogP contribution in [0.5, 0.6) is 5.75 Å². The van der Waals surface area contributed by atoms with E-state index in [0.29, 0.717) is 18.0 Å². The third-order valence-electron chi connectivity index (χ3n) is 3.62. The van der Waals surface area contributed by atoms with Crippen molar-refractivity contribution in [1.82, 2.24) is 9.97 Å². The van der Waals surface area contributed by atoms with E-state index in [4.69, 9.17) is 4.74 Å². The van der Waals surface area contributed by atoms with Gasteiger partial charge in [0, 0.05) is 11.8 Å². The van der Waals surface area contributed by atoms with Gasteiger partial charge in [0.25, 0.3) is 5.91 Å². The number of carbonyl (C=O) groups is 1. The zero-order valence-corrected chi connectivity index (χ0v) is 14.7. The van der Waals surface area contributed by atoms with E-state index in [2.05, 4.69) is 20.6 Å². The summed E-state index contributed by atoms with van der Waals surface area (Å²) < 4.78 is 45.4. The van der Waals surface area contributed by atoms with Crippen molar-refractivity contribution in [2.45, 2.75) is 6.92 Å². The standard InChI is InChI=1S/C19H15F3N4O2/c1-2-28-12-5-3-11(4-6-12)25-19(27)15-9-16(24-10-23-15)26-14-8-7-13(20)17(21)18(14)22/h3-10H,2H2,1H3,(H,25,27)(H,23,24,26). The molecule has 6 nitrogen and oxygen atoms in total. The van der Waals surface area contributed by atoms with Gasteiger partial charge in [0.15, 0.2) is 17.5 Å². The predicted molar refractivity (Wildman–Crippen MR) is 97.2 cm³/mol. The molecule has 144 valence electrons. The van der Waals surface area contributed by atoms with Crippen LogP contribution in [-0.2, 0) is 0 Å². The van der Waals surface area contributed by atoms with Gasteiger partial charge in [-0.2, -0.15) is 0 Å². The summed E-state index contributed by atoms with van der Waals surface area (Å²) in [5, 5.41) is 5.14. The molecule has 0 radical (unpaired) electrons. The van der Waals surface area contributed by atoms with Crippen molar-refractivity contribution in [2.75, 3.05) is 17.2 Å². The fourth-order valence-electron chi connectivity index (χ4n) is 2.31. The van der Waals surface area contributed by atoms with Gasteiger partial charge in [-0.15, -0.1) is 0 Å². The Morgan fingerprint density at radius 1 is 1.04 bits per heavy atom. The lowest BCUT2D eigenvalue weighted by molar-refractivity contribution is 0.102. The van der Waals surface area contributed by atoms with E-state index in [1.807, 2.05) is 6.92 Å². The van der Waals surface area contributed by atoms with Crippen LogP contribution in [0.4, 0.5) is 30.4 Å². The van der Waals surface area contributed by atoms with Crippen molar-refractivity contribution < 1.29 is 22.7 Å². The number of rotatable bonds is 6. The van der Waals surface area contributed by atoms with Crippen LogP contribution < -0.4 is 15.4 Å². The van der Waals surface area contributed by atoms with Crippen LogP contribution in [0.15, 0.2) is 48.8 Å². The van der Waals surface area contributed by atoms with Gasteiger partial charge in [-0.25, -0.2) is 23.1 Å². The van der Waals surface area contributed by atoms with Crippen molar-refractivity contribution in [3.05, 3.63) is 71.9 Å². The summed E-state index contributed by atoms with van der Waals surface area (Å²) >= 11 is 0. The second-order valence-electron chi connectivity index (χ2n) is 5.55. The van der Waals surface area contributed by atoms with Gasteiger partial charge in [0.05, 0.1) is 12.3 Å². The Labute approximate surface area is 158 Å². The molecule has 0 bridgehead atoms. The Balaban J connectivity index is 1.73. The fourth-order valence-corrected chi connectivity index (χ4v) is 2.31. The van der Waals surface area contributed by atoms with Crippen molar-refractivity contribution in [1.29, 1.82) is 0 Å². The summed E-state index contributed by atoms with van der Waals surface area (Å²) in [5.74, 6) is -4.12. The van der Waals surface area contributed by atoms with Gasteiger partial charge in [-0.05, 0) is 43.3 Å². The van der Waals surface area contributed by atoms with Crippen LogP contribution in [0.3, 0.4) is 0 Å². The topological polar surface area (TPSA) is 76.1 Å². The van der Waals surface area contributed by atoms with E-state index in [1.165, 1.54) is 6.07 Å². The van der Waals surface area contributed by atoms with Crippen LogP contribution >= 0.6 is 0 Å². The number of hydrogen-bond donors (Lipinski definition) is 2. The molecule has 1 aromatic heterocycles. The molecule has 3 aromatic rings. The SMILES string of the molecule is CCOc1ccc(NC(=O)c2cc(Nc3ccc(F)c(F)c3F)ncn2)cc1. The molecule has 0 atom stereocenters. The van der Waals surface area contributed by atoms with Crippen LogP contribution in [0.2, 0.25) is 0 Å². The number of aromatic nitrogens is 2. The summed E-state index contributed by atoms with van der Waals surface area (Å²) in [4.78, 5) is 20.1. The molecule has 2 aromatic carbocycles. The highest BCUT2D eigenvalue weighted by molar-refractivity contribution is 6.03. The first-order chi connectivity index (χ1) is 13.5. The number of hydrogen-bond acceptors (Lipinski definition) is 5. The number of nitrogens with one attached hydrogen (secondary N) is 2. The predicted octanol–water partition coefficient (Wildman–Crippen LogP) is 4.29. The number of carbonyl (C=O) groups excluding carboxylic acids is 1. The summed E-state index contributed by atoms with van der Waals surface area (Å²) in [7, 11) is 0. The summed E-state index contributed by atoms with van der Waals surface area (Å²) in [6.07, 6.45) is 1.09. The van der Waals surface area contributed by atoms with Crippen LogP contribution in [0.1, 0.15) is 17.4 Å². The first kappa shape index (κ1) is 19.2. The minimum atomic E-state index is -1.60. The van der Waals surface area contributed by atoms with Crippen molar-refractivity contribution >= 4 is 23.1 Å². The molecule has 1 amide bonds. The van der Waals surface area contributed by atoms with Crippen molar-refractivity contribution in [3.63, 3.8) is 0 Å². The summed E-state index contributed by atoms with van der Waals surface area (Å²) in [6, 6.07) is 9.80. The Hall–Kier alpha value is -3.62. The molecule has 0 saturated carbocycles. The highest BCUT2D eigenvalue weighted by Crippen LogP contribution is 2.23. The molecule has 0 aliphatic rings. The molecule has 0 spiro atoms. The van der Waals surface area contributed by atoms with Crippen LogP contribution in [0.25, 0.3) is 0 Å². The van der Waals surface area contributed by atoms with Gasteiger partial charge in [0.1, 0.15) is 23.6 Å². The molecular formula is C19H15F3N4O2. The second-order valence-corrected chi connectivity index (χ2v) is 5.55. The number of benzene rings is 2. The van der Waals surface area contributed by atoms with Gasteiger partial charge in [-0.1, -0.05) is 0 Å². The van der Waals surface area contributed by atoms with Gasteiger partial charge in [0.2, 0.25) is 0 Å². The van der Waals surface area contributed by atoms with Crippen molar-refractivity contribution in [3.8, 4) is 5.75 Å². The molecule has 0 saturated heterocycles. The summed E-state index contributed by atoms with van der Waals surface area (Å²) in [5.41, 5.74) is 0.193. The van der Waals surface area contributed by atoms with E-state index in [-0.39, 0.29) is 17.2 Å². The average Bonchev–Trinajstić information content (AvgIpc) is 2.70. The molecular weight excluding hydrogens is 373 g/mol. The lowest BCUT2D eigenvalue weighted by atomic mass is 10.2. The lowest BCUT2D eigenvalue weighted by Gasteiger charge is -2.09. The normalized spacial score (nSPS) is 10.4. The summed E-state index contributed by atoms with van der Waals surface area (Å²) in [6.45, 7) is 2.39. The molecule has 3 rings (SSSR count). The molecule has 9 heteroatoms.